The van der Waals surface area contributed by atoms with Gasteiger partial charge in [-0.25, -0.2) is 0 Å². The smallest absolute Gasteiger partial charge is 0.0464 e. The molecule has 0 aliphatic carbocycles. The molecule has 1 radical (unpaired) electrons. The summed E-state index contributed by atoms with van der Waals surface area (Å²) >= 11 is 0. The van der Waals surface area contributed by atoms with Crippen LogP contribution < -0.4 is 0 Å². The van der Waals surface area contributed by atoms with E-state index in [1.807, 2.05) is 0 Å². The molecule has 1 atom stereocenters. The summed E-state index contributed by atoms with van der Waals surface area (Å²) < 4.78 is 4.87. The Kier molecular flexibility index (Phi) is 5.08. The normalized spacial score (nSPS) is 13.9. The van der Waals surface area contributed by atoms with Gasteiger partial charge in [0.05, 0.1) is 0 Å². The molecule has 1 unspecified atom stereocenters. The quantitative estimate of drug-likeness (QED) is 0.543. The molecule has 0 saturated heterocycles. The fourth-order valence-electron chi connectivity index (χ4n) is 0.489. The molecule has 0 heterocycles. The summed E-state index contributed by atoms with van der Waals surface area (Å²) in [6, 6.07) is 0. The third-order valence-corrected chi connectivity index (χ3v) is 1.31. The molecule has 0 aromatic carbocycles. The van der Waals surface area contributed by atoms with E-state index in [0.29, 0.717) is 5.92 Å². The van der Waals surface area contributed by atoms with Crippen molar-refractivity contribution in [2.75, 3.05) is 13.7 Å². The highest BCUT2D eigenvalue weighted by atomic mass is 16.5. The Balaban J connectivity index is 2.86. The van der Waals surface area contributed by atoms with Gasteiger partial charge in [-0.1, -0.05) is 20.3 Å². The lowest BCUT2D eigenvalue weighted by atomic mass is 10.1. The summed E-state index contributed by atoms with van der Waals surface area (Å²) in [4.78, 5) is 0. The molecule has 8 heavy (non-hydrogen) atoms. The van der Waals surface area contributed by atoms with Gasteiger partial charge in [0.15, 0.2) is 0 Å². The Hall–Kier alpha value is -0.0400. The molecule has 0 aromatic heterocycles. The summed E-state index contributed by atoms with van der Waals surface area (Å²) in [5, 5.41) is 0. The zero-order chi connectivity index (χ0) is 6.41. The van der Waals surface area contributed by atoms with E-state index in [4.69, 9.17) is 4.74 Å². The molecule has 1 heteroatoms. The van der Waals surface area contributed by atoms with Crippen molar-refractivity contribution in [1.29, 1.82) is 0 Å². The van der Waals surface area contributed by atoms with Gasteiger partial charge in [-0.05, 0) is 12.3 Å². The summed E-state index contributed by atoms with van der Waals surface area (Å²) in [5.41, 5.74) is 0. The topological polar surface area (TPSA) is 9.23 Å². The van der Waals surface area contributed by atoms with Crippen molar-refractivity contribution in [2.24, 2.45) is 5.92 Å². The molecule has 0 spiro atoms. The third-order valence-electron chi connectivity index (χ3n) is 1.31. The molecule has 0 aromatic rings. The van der Waals surface area contributed by atoms with Crippen molar-refractivity contribution in [3.8, 4) is 0 Å². The van der Waals surface area contributed by atoms with E-state index in [2.05, 4.69) is 13.8 Å². The lowest BCUT2D eigenvalue weighted by Gasteiger charge is -2.04. The van der Waals surface area contributed by atoms with Gasteiger partial charge in [0, 0.05) is 13.7 Å². The molecule has 0 aliphatic heterocycles. The van der Waals surface area contributed by atoms with Gasteiger partial charge in [-0.15, -0.1) is 0 Å². The van der Waals surface area contributed by atoms with Crippen LogP contribution in [0.4, 0.5) is 0 Å². The maximum atomic E-state index is 4.87. The fraction of sp³-hybridized carbons (Fsp3) is 0.857. The van der Waals surface area contributed by atoms with Crippen LogP contribution >= 0.6 is 0 Å². The van der Waals surface area contributed by atoms with Crippen molar-refractivity contribution >= 4 is 0 Å². The van der Waals surface area contributed by atoms with Crippen LogP contribution in [0.1, 0.15) is 19.8 Å². The van der Waals surface area contributed by atoms with Gasteiger partial charge in [0.2, 0.25) is 0 Å². The Morgan fingerprint density at radius 2 is 2.25 bits per heavy atom. The second kappa shape index (κ2) is 5.10. The largest absolute Gasteiger partial charge is 0.385 e. The SMILES string of the molecule is [CH2]C(CC)CCOC. The Labute approximate surface area is 52.0 Å². The highest BCUT2D eigenvalue weighted by molar-refractivity contribution is 4.56. The zero-order valence-corrected chi connectivity index (χ0v) is 5.81. The van der Waals surface area contributed by atoms with E-state index in [1.165, 1.54) is 0 Å². The van der Waals surface area contributed by atoms with Crippen LogP contribution in [0.5, 0.6) is 0 Å². The maximum Gasteiger partial charge on any atom is 0.0464 e. The summed E-state index contributed by atoms with van der Waals surface area (Å²) in [6.07, 6.45) is 2.25. The van der Waals surface area contributed by atoms with Gasteiger partial charge in [-0.3, -0.25) is 0 Å². The molecule has 0 amide bonds. The second-order valence-electron chi connectivity index (χ2n) is 2.06. The van der Waals surface area contributed by atoms with Gasteiger partial charge in [0.25, 0.3) is 0 Å². The average molecular weight is 115 g/mol. The molecule has 0 rings (SSSR count). The number of hydrogen-bond donors (Lipinski definition) is 0. The number of hydrogen-bond acceptors (Lipinski definition) is 1. The Morgan fingerprint density at radius 1 is 1.62 bits per heavy atom. The third kappa shape index (κ3) is 4.13. The number of methoxy groups -OCH3 is 1. The predicted molar refractivity (Wildman–Crippen MR) is 35.6 cm³/mol. The molecule has 0 aliphatic rings. The zero-order valence-electron chi connectivity index (χ0n) is 5.81. The Morgan fingerprint density at radius 3 is 2.62 bits per heavy atom. The van der Waals surface area contributed by atoms with Crippen molar-refractivity contribution in [3.63, 3.8) is 0 Å². The first kappa shape index (κ1) is 7.96. The van der Waals surface area contributed by atoms with Crippen LogP contribution in [-0.4, -0.2) is 13.7 Å². The van der Waals surface area contributed by atoms with E-state index in [1.54, 1.807) is 7.11 Å². The van der Waals surface area contributed by atoms with E-state index in [-0.39, 0.29) is 0 Å². The van der Waals surface area contributed by atoms with Crippen LogP contribution in [0.25, 0.3) is 0 Å². The summed E-state index contributed by atoms with van der Waals surface area (Å²) in [5.74, 6) is 0.579. The van der Waals surface area contributed by atoms with Crippen LogP contribution in [-0.2, 0) is 4.74 Å². The number of rotatable bonds is 4. The fourth-order valence-corrected chi connectivity index (χ4v) is 0.489. The predicted octanol–water partition coefficient (Wildman–Crippen LogP) is 1.88. The molecule has 0 fully saturated rings. The van der Waals surface area contributed by atoms with Gasteiger partial charge in [0.1, 0.15) is 0 Å². The minimum atomic E-state index is 0.579. The summed E-state index contributed by atoms with van der Waals surface area (Å²) in [6.45, 7) is 6.91. The van der Waals surface area contributed by atoms with Crippen molar-refractivity contribution in [2.45, 2.75) is 19.8 Å². The molecule has 1 nitrogen and oxygen atoms in total. The van der Waals surface area contributed by atoms with Crippen LogP contribution in [0.2, 0.25) is 0 Å². The van der Waals surface area contributed by atoms with Gasteiger partial charge < -0.3 is 4.74 Å². The molecule has 0 saturated carbocycles. The monoisotopic (exact) mass is 115 g/mol. The van der Waals surface area contributed by atoms with Gasteiger partial charge in [-0.2, -0.15) is 0 Å². The standard InChI is InChI=1S/C7H15O/c1-4-7(2)5-6-8-3/h7H,2,4-6H2,1,3H3. The molecule has 0 N–H and O–H groups in total. The summed E-state index contributed by atoms with van der Waals surface area (Å²) in [7, 11) is 1.72. The van der Waals surface area contributed by atoms with E-state index < -0.39 is 0 Å². The number of ether oxygens (including phenoxy) is 1. The Bertz CT molecular complexity index is 43.7. The van der Waals surface area contributed by atoms with Crippen LogP contribution in [0.15, 0.2) is 0 Å². The second-order valence-corrected chi connectivity index (χ2v) is 2.06. The minimum absolute atomic E-state index is 0.579. The minimum Gasteiger partial charge on any atom is -0.385 e. The lowest BCUT2D eigenvalue weighted by molar-refractivity contribution is 0.183. The van der Waals surface area contributed by atoms with Crippen molar-refractivity contribution in [1.82, 2.24) is 0 Å². The van der Waals surface area contributed by atoms with Crippen LogP contribution in [0, 0.1) is 12.8 Å². The maximum absolute atomic E-state index is 4.87. The van der Waals surface area contributed by atoms with E-state index in [9.17, 15) is 0 Å². The van der Waals surface area contributed by atoms with Crippen LogP contribution in [0.3, 0.4) is 0 Å². The highest BCUT2D eigenvalue weighted by Crippen LogP contribution is 2.04. The first-order valence-corrected chi connectivity index (χ1v) is 3.13. The molecular formula is C7H15O. The first-order valence-electron chi connectivity index (χ1n) is 3.13. The van der Waals surface area contributed by atoms with Crippen molar-refractivity contribution < 1.29 is 4.74 Å². The average Bonchev–Trinajstić information content (AvgIpc) is 1.83. The van der Waals surface area contributed by atoms with E-state index in [0.717, 1.165) is 19.4 Å². The molecule has 0 bridgehead atoms. The first-order chi connectivity index (χ1) is 3.81. The van der Waals surface area contributed by atoms with Crippen molar-refractivity contribution in [3.05, 3.63) is 6.92 Å². The lowest BCUT2D eigenvalue weighted by Crippen LogP contribution is -1.97. The van der Waals surface area contributed by atoms with Gasteiger partial charge >= 0.3 is 0 Å². The molecular weight excluding hydrogens is 100 g/mol. The van der Waals surface area contributed by atoms with E-state index >= 15 is 0 Å². The molecule has 49 valence electrons. The highest BCUT2D eigenvalue weighted by Gasteiger charge is 1.95.